The molecule has 0 bridgehead atoms. The van der Waals surface area contributed by atoms with Gasteiger partial charge in [0.05, 0.1) is 6.20 Å². The Hall–Kier alpha value is -1.52. The van der Waals surface area contributed by atoms with Gasteiger partial charge in [-0.25, -0.2) is 4.79 Å². The van der Waals surface area contributed by atoms with Gasteiger partial charge >= 0.3 is 6.09 Å². The lowest BCUT2D eigenvalue weighted by Gasteiger charge is -2.37. The molecule has 2 rings (SSSR count). The highest BCUT2D eigenvalue weighted by atomic mass is 16.6. The Labute approximate surface area is 120 Å². The van der Waals surface area contributed by atoms with Crippen LogP contribution in [0, 0.1) is 5.92 Å². The van der Waals surface area contributed by atoms with Gasteiger partial charge in [0.2, 0.25) is 0 Å². The topological polar surface area (TPSA) is 47.4 Å². The summed E-state index contributed by atoms with van der Waals surface area (Å²) in [5.74, 6) is 0.892. The highest BCUT2D eigenvalue weighted by Crippen LogP contribution is 2.32. The molecule has 1 saturated heterocycles. The highest BCUT2D eigenvalue weighted by molar-refractivity contribution is 5.68. The molecule has 1 fully saturated rings. The number of carbonyl (C=O) groups excluding carboxylic acids is 1. The summed E-state index contributed by atoms with van der Waals surface area (Å²) in [6, 6.07) is 0. The van der Waals surface area contributed by atoms with E-state index in [1.54, 1.807) is 0 Å². The van der Waals surface area contributed by atoms with Gasteiger partial charge in [0, 0.05) is 32.3 Å². The van der Waals surface area contributed by atoms with Crippen LogP contribution in [0.5, 0.6) is 0 Å². The minimum absolute atomic E-state index is 0.210. The first-order chi connectivity index (χ1) is 9.26. The van der Waals surface area contributed by atoms with E-state index in [1.165, 1.54) is 5.56 Å². The van der Waals surface area contributed by atoms with Gasteiger partial charge in [0.25, 0.3) is 0 Å². The molecule has 0 aliphatic carbocycles. The number of hydrogen-bond acceptors (Lipinski definition) is 3. The van der Waals surface area contributed by atoms with Crippen molar-refractivity contribution in [2.45, 2.75) is 45.6 Å². The molecule has 0 unspecified atom stereocenters. The molecule has 1 aromatic rings. The molecule has 1 amide bonds. The maximum Gasteiger partial charge on any atom is 0.410 e. The summed E-state index contributed by atoms with van der Waals surface area (Å²) < 4.78 is 7.28. The van der Waals surface area contributed by atoms with E-state index in [2.05, 4.69) is 12.0 Å². The summed E-state index contributed by atoms with van der Waals surface area (Å²) in [6.07, 6.45) is 4.73. The Balaban J connectivity index is 2.06. The fraction of sp³-hybridized carbons (Fsp3) is 0.733. The number of aryl methyl sites for hydroxylation is 1. The molecule has 20 heavy (non-hydrogen) atoms. The number of carbonyl (C=O) groups is 1. The van der Waals surface area contributed by atoms with Crippen LogP contribution in [0.3, 0.4) is 0 Å². The molecular weight excluding hydrogens is 254 g/mol. The van der Waals surface area contributed by atoms with Gasteiger partial charge in [-0.3, -0.25) is 4.68 Å². The van der Waals surface area contributed by atoms with Gasteiger partial charge in [0.1, 0.15) is 5.60 Å². The van der Waals surface area contributed by atoms with Crippen molar-refractivity contribution in [2.24, 2.45) is 13.0 Å². The lowest BCUT2D eigenvalue weighted by molar-refractivity contribution is 0.0164. The van der Waals surface area contributed by atoms with Crippen LogP contribution < -0.4 is 0 Å². The zero-order valence-electron chi connectivity index (χ0n) is 13.1. The molecule has 1 aliphatic rings. The average molecular weight is 279 g/mol. The zero-order chi connectivity index (χ0) is 14.9. The maximum absolute atomic E-state index is 12.2. The van der Waals surface area contributed by atoms with Crippen molar-refractivity contribution in [3.8, 4) is 0 Å². The zero-order valence-corrected chi connectivity index (χ0v) is 13.1. The summed E-state index contributed by atoms with van der Waals surface area (Å²) in [6.45, 7) is 9.42. The lowest BCUT2D eigenvalue weighted by Crippen LogP contribution is -2.44. The number of ether oxygens (including phenoxy) is 1. The molecule has 5 nitrogen and oxygen atoms in total. The van der Waals surface area contributed by atoms with Crippen molar-refractivity contribution in [2.75, 3.05) is 13.1 Å². The molecule has 2 atom stereocenters. The molecule has 5 heteroatoms. The van der Waals surface area contributed by atoms with Crippen molar-refractivity contribution in [1.29, 1.82) is 0 Å². The Morgan fingerprint density at radius 1 is 1.45 bits per heavy atom. The summed E-state index contributed by atoms with van der Waals surface area (Å²) in [5, 5.41) is 4.24. The third-order valence-corrected chi connectivity index (χ3v) is 3.76. The van der Waals surface area contributed by atoms with Crippen LogP contribution in [0.25, 0.3) is 0 Å². The van der Waals surface area contributed by atoms with Gasteiger partial charge in [-0.1, -0.05) is 6.92 Å². The van der Waals surface area contributed by atoms with Crippen LogP contribution >= 0.6 is 0 Å². The van der Waals surface area contributed by atoms with Crippen molar-refractivity contribution in [3.05, 3.63) is 18.0 Å². The molecule has 2 heterocycles. The second kappa shape index (κ2) is 5.46. The van der Waals surface area contributed by atoms with Crippen molar-refractivity contribution >= 4 is 6.09 Å². The van der Waals surface area contributed by atoms with Gasteiger partial charge in [-0.2, -0.15) is 5.10 Å². The predicted molar refractivity (Wildman–Crippen MR) is 77.5 cm³/mol. The first-order valence-corrected chi connectivity index (χ1v) is 7.23. The number of amides is 1. The van der Waals surface area contributed by atoms with Gasteiger partial charge < -0.3 is 9.64 Å². The number of aromatic nitrogens is 2. The standard InChI is InChI=1S/C15H25N3O2/c1-11-6-7-18(14(19)20-15(2,3)4)10-13(11)12-8-16-17(5)9-12/h8-9,11,13H,6-7,10H2,1-5H3/t11-,13-/m1/s1. The van der Waals surface area contributed by atoms with Crippen LogP contribution in [0.4, 0.5) is 4.79 Å². The van der Waals surface area contributed by atoms with E-state index in [0.717, 1.165) is 13.0 Å². The van der Waals surface area contributed by atoms with Crippen molar-refractivity contribution in [3.63, 3.8) is 0 Å². The smallest absolute Gasteiger partial charge is 0.410 e. The molecule has 0 radical (unpaired) electrons. The first kappa shape index (κ1) is 14.9. The SMILES string of the molecule is C[C@@H]1CCN(C(=O)OC(C)(C)C)C[C@H]1c1cnn(C)c1. The van der Waals surface area contributed by atoms with Crippen LogP contribution in [0.1, 0.15) is 45.6 Å². The molecule has 0 saturated carbocycles. The van der Waals surface area contributed by atoms with E-state index >= 15 is 0 Å². The lowest BCUT2D eigenvalue weighted by atomic mass is 9.83. The van der Waals surface area contributed by atoms with E-state index in [9.17, 15) is 4.79 Å². The fourth-order valence-corrected chi connectivity index (χ4v) is 2.63. The Morgan fingerprint density at radius 3 is 2.70 bits per heavy atom. The van der Waals surface area contributed by atoms with Gasteiger partial charge in [0.15, 0.2) is 0 Å². The quantitative estimate of drug-likeness (QED) is 0.794. The normalized spacial score (nSPS) is 23.8. The summed E-state index contributed by atoms with van der Waals surface area (Å²) >= 11 is 0. The van der Waals surface area contributed by atoms with E-state index in [4.69, 9.17) is 4.74 Å². The number of nitrogens with zero attached hydrogens (tertiary/aromatic N) is 3. The van der Waals surface area contributed by atoms with Crippen LogP contribution in [0.15, 0.2) is 12.4 Å². The van der Waals surface area contributed by atoms with Crippen molar-refractivity contribution in [1.82, 2.24) is 14.7 Å². The number of piperidine rings is 1. The first-order valence-electron chi connectivity index (χ1n) is 7.23. The van der Waals surface area contributed by atoms with E-state index < -0.39 is 5.60 Å². The Kier molecular flexibility index (Phi) is 4.06. The second-order valence-corrected chi connectivity index (χ2v) is 6.75. The minimum Gasteiger partial charge on any atom is -0.444 e. The molecule has 1 aliphatic heterocycles. The minimum atomic E-state index is -0.441. The van der Waals surface area contributed by atoms with E-state index in [-0.39, 0.29) is 6.09 Å². The molecular formula is C15H25N3O2. The van der Waals surface area contributed by atoms with E-state index in [1.807, 2.05) is 49.8 Å². The number of hydrogen-bond donors (Lipinski definition) is 0. The molecule has 1 aromatic heterocycles. The largest absolute Gasteiger partial charge is 0.444 e. The summed E-state index contributed by atoms with van der Waals surface area (Å²) in [4.78, 5) is 14.0. The summed E-state index contributed by atoms with van der Waals surface area (Å²) in [5.41, 5.74) is 0.762. The second-order valence-electron chi connectivity index (χ2n) is 6.75. The average Bonchev–Trinajstić information content (AvgIpc) is 2.74. The van der Waals surface area contributed by atoms with Crippen LogP contribution in [-0.4, -0.2) is 39.5 Å². The Bertz CT molecular complexity index is 476. The molecule has 0 aromatic carbocycles. The fourth-order valence-electron chi connectivity index (χ4n) is 2.63. The summed E-state index contributed by atoms with van der Waals surface area (Å²) in [7, 11) is 1.92. The van der Waals surface area contributed by atoms with Crippen LogP contribution in [-0.2, 0) is 11.8 Å². The third kappa shape index (κ3) is 3.52. The molecule has 0 N–H and O–H groups in total. The number of likely N-dealkylation sites (tertiary alicyclic amines) is 1. The van der Waals surface area contributed by atoms with Gasteiger partial charge in [-0.15, -0.1) is 0 Å². The molecule has 0 spiro atoms. The van der Waals surface area contributed by atoms with Gasteiger partial charge in [-0.05, 0) is 38.7 Å². The predicted octanol–water partition coefficient (Wildman–Crippen LogP) is 2.78. The number of rotatable bonds is 1. The third-order valence-electron chi connectivity index (χ3n) is 3.76. The van der Waals surface area contributed by atoms with Crippen LogP contribution in [0.2, 0.25) is 0 Å². The van der Waals surface area contributed by atoms with Crippen molar-refractivity contribution < 1.29 is 9.53 Å². The molecule has 112 valence electrons. The Morgan fingerprint density at radius 2 is 2.15 bits per heavy atom. The monoisotopic (exact) mass is 279 g/mol. The van der Waals surface area contributed by atoms with E-state index in [0.29, 0.717) is 18.4 Å². The highest BCUT2D eigenvalue weighted by Gasteiger charge is 2.32. The maximum atomic E-state index is 12.2.